The van der Waals surface area contributed by atoms with E-state index in [1.807, 2.05) is 0 Å². The van der Waals surface area contributed by atoms with Crippen LogP contribution >= 0.6 is 0 Å². The van der Waals surface area contributed by atoms with Crippen LogP contribution in [0.4, 0.5) is 19.1 Å². The van der Waals surface area contributed by atoms with E-state index in [-0.39, 0.29) is 41.5 Å². The smallest absolute Gasteiger partial charge is 0.389 e. The number of piperidine rings is 2. The van der Waals surface area contributed by atoms with Crippen LogP contribution in [0.1, 0.15) is 51.5 Å². The third-order valence-corrected chi connectivity index (χ3v) is 9.33. The van der Waals surface area contributed by atoms with Crippen LogP contribution in [0.15, 0.2) is 18.6 Å². The Balaban J connectivity index is 1.33. The second kappa shape index (κ2) is 12.6. The summed E-state index contributed by atoms with van der Waals surface area (Å²) in [6.45, 7) is 6.13. The lowest BCUT2D eigenvalue weighted by atomic mass is 9.99. The molecule has 2 aliphatic heterocycles. The van der Waals surface area contributed by atoms with Crippen LogP contribution in [0.25, 0.3) is 11.3 Å². The first-order valence-electron chi connectivity index (χ1n) is 13.8. The number of sulfonamides is 1. The Kier molecular flexibility index (Phi) is 9.57. The van der Waals surface area contributed by atoms with Gasteiger partial charge >= 0.3 is 6.18 Å². The maximum atomic E-state index is 13.7. The molecule has 0 aromatic carbocycles. The van der Waals surface area contributed by atoms with Gasteiger partial charge in [0.2, 0.25) is 16.0 Å². The minimum atomic E-state index is -4.68. The fourth-order valence-corrected chi connectivity index (χ4v) is 6.71. The summed E-state index contributed by atoms with van der Waals surface area (Å²) in [6.07, 6.45) is 1.81. The quantitative estimate of drug-likeness (QED) is 0.422. The lowest BCUT2D eigenvalue weighted by molar-refractivity contribution is -0.137. The van der Waals surface area contributed by atoms with E-state index in [1.165, 1.54) is 21.4 Å². The van der Waals surface area contributed by atoms with Gasteiger partial charge < -0.3 is 15.3 Å². The fourth-order valence-electron chi connectivity index (χ4n) is 5.19. The third-order valence-electron chi connectivity index (χ3n) is 7.38. The number of nitrogens with one attached hydrogen (secondary N) is 1. The van der Waals surface area contributed by atoms with E-state index >= 15 is 0 Å². The average molecular weight is 599 g/mol. The Morgan fingerprint density at radius 1 is 1.12 bits per heavy atom. The Labute approximate surface area is 238 Å². The van der Waals surface area contributed by atoms with Gasteiger partial charge in [0.15, 0.2) is 0 Å². The van der Waals surface area contributed by atoms with Crippen LogP contribution < -0.4 is 5.32 Å². The molecular formula is C26H37F3N8O3S. The fraction of sp³-hybridized carbons (Fsp3) is 0.692. The molecular weight excluding hydrogens is 561 g/mol. The molecule has 2 aromatic rings. The monoisotopic (exact) mass is 598 g/mol. The number of halogens is 3. The van der Waals surface area contributed by atoms with Gasteiger partial charge in [-0.1, -0.05) is 0 Å². The second-order valence-corrected chi connectivity index (χ2v) is 13.5. The highest BCUT2D eigenvalue weighted by molar-refractivity contribution is 7.89. The van der Waals surface area contributed by atoms with Crippen LogP contribution in [0.2, 0.25) is 0 Å². The number of alkyl halides is 3. The first-order valence-corrected chi connectivity index (χ1v) is 15.4. The van der Waals surface area contributed by atoms with Crippen molar-refractivity contribution in [2.45, 2.75) is 70.3 Å². The van der Waals surface area contributed by atoms with Gasteiger partial charge in [0.05, 0.1) is 35.9 Å². The molecule has 2 saturated heterocycles. The first-order chi connectivity index (χ1) is 19.2. The van der Waals surface area contributed by atoms with E-state index in [9.17, 15) is 26.7 Å². The highest BCUT2D eigenvalue weighted by atomic mass is 32.2. The van der Waals surface area contributed by atoms with Crippen molar-refractivity contribution in [1.29, 1.82) is 5.26 Å². The van der Waals surface area contributed by atoms with Gasteiger partial charge in [-0.15, -0.1) is 0 Å². The van der Waals surface area contributed by atoms with Crippen molar-refractivity contribution in [3.05, 3.63) is 24.2 Å². The normalized spacial score (nSPS) is 18.9. The summed E-state index contributed by atoms with van der Waals surface area (Å²) < 4.78 is 69.8. The number of hydrogen-bond donors (Lipinski definition) is 2. The Morgan fingerprint density at radius 2 is 1.80 bits per heavy atom. The number of nitriles is 1. The molecule has 0 radical (unpaired) electrons. The third kappa shape index (κ3) is 8.60. The summed E-state index contributed by atoms with van der Waals surface area (Å²) in [5.41, 5.74) is -2.29. The van der Waals surface area contributed by atoms with Gasteiger partial charge in [0.1, 0.15) is 5.56 Å². The maximum absolute atomic E-state index is 13.7. The van der Waals surface area contributed by atoms with Crippen LogP contribution in [-0.2, 0) is 22.7 Å². The number of nitrogens with zero attached hydrogens (tertiary/aromatic N) is 7. The van der Waals surface area contributed by atoms with Gasteiger partial charge in [0.25, 0.3) is 0 Å². The predicted octanol–water partition coefficient (Wildman–Crippen LogP) is 2.96. The van der Waals surface area contributed by atoms with Crippen LogP contribution in [0.5, 0.6) is 0 Å². The summed E-state index contributed by atoms with van der Waals surface area (Å²) in [6, 6.07) is 2.09. The molecule has 0 saturated carbocycles. The second-order valence-electron chi connectivity index (χ2n) is 11.4. The van der Waals surface area contributed by atoms with E-state index in [1.54, 1.807) is 13.8 Å². The molecule has 0 spiro atoms. The Morgan fingerprint density at radius 3 is 2.41 bits per heavy atom. The molecule has 0 aliphatic carbocycles. The summed E-state index contributed by atoms with van der Waals surface area (Å²) >= 11 is 0. The summed E-state index contributed by atoms with van der Waals surface area (Å²) in [5.74, 6) is 0.160. The average Bonchev–Trinajstić information content (AvgIpc) is 3.35. The number of anilines is 1. The topological polar surface area (TPSA) is 140 Å². The zero-order chi connectivity index (χ0) is 29.8. The molecule has 41 heavy (non-hydrogen) atoms. The number of hydrogen-bond acceptors (Lipinski definition) is 9. The van der Waals surface area contributed by atoms with Crippen molar-refractivity contribution < 1.29 is 26.7 Å². The number of likely N-dealkylation sites (tertiary alicyclic amines) is 1. The molecule has 4 heterocycles. The van der Waals surface area contributed by atoms with E-state index in [0.717, 1.165) is 32.1 Å². The molecule has 0 bridgehead atoms. The van der Waals surface area contributed by atoms with Gasteiger partial charge in [-0.25, -0.2) is 22.7 Å². The molecule has 2 fully saturated rings. The molecule has 11 nitrogen and oxygen atoms in total. The highest BCUT2D eigenvalue weighted by Crippen LogP contribution is 2.36. The Hall–Kier alpha value is -2.80. The number of aliphatic hydroxyl groups is 1. The highest BCUT2D eigenvalue weighted by Gasteiger charge is 2.36. The zero-order valence-corrected chi connectivity index (χ0v) is 24.1. The minimum Gasteiger partial charge on any atom is -0.389 e. The molecule has 15 heteroatoms. The molecule has 2 aliphatic rings. The van der Waals surface area contributed by atoms with Gasteiger partial charge in [-0.2, -0.15) is 23.5 Å². The molecule has 0 atom stereocenters. The van der Waals surface area contributed by atoms with Crippen LogP contribution in [0.3, 0.4) is 0 Å². The molecule has 226 valence electrons. The maximum Gasteiger partial charge on any atom is 0.419 e. The van der Waals surface area contributed by atoms with Gasteiger partial charge in [-0.3, -0.25) is 4.68 Å². The zero-order valence-electron chi connectivity index (χ0n) is 23.3. The molecule has 0 amide bonds. The lowest BCUT2D eigenvalue weighted by Crippen LogP contribution is -2.44. The predicted molar refractivity (Wildman–Crippen MR) is 146 cm³/mol. The molecule has 2 N–H and O–H groups in total. The minimum absolute atomic E-state index is 0.0183. The molecule has 0 unspecified atom stereocenters. The van der Waals surface area contributed by atoms with E-state index < -0.39 is 27.4 Å². The molecule has 2 aromatic heterocycles. The van der Waals surface area contributed by atoms with Crippen LogP contribution in [0, 0.1) is 17.2 Å². The standard InChI is InChI=1S/C26H37F3N8O3S/c1-25(2,38)18-36-17-20(15-32-36)23-22(26(27,28)29)16-31-24(34-23)33-21-6-11-37(12-7-21)41(39,40)13-3-8-35-9-4-19(14-30)5-10-35/h15-17,19,21,38H,3-13,18H2,1-2H3,(H,31,33,34). The number of rotatable bonds is 10. The van der Waals surface area contributed by atoms with Crippen molar-refractivity contribution in [3.8, 4) is 17.3 Å². The van der Waals surface area contributed by atoms with Crippen molar-refractivity contribution in [2.75, 3.05) is 43.8 Å². The van der Waals surface area contributed by atoms with Gasteiger partial charge in [-0.05, 0) is 65.6 Å². The first kappa shape index (κ1) is 31.1. The summed E-state index contributed by atoms with van der Waals surface area (Å²) in [4.78, 5) is 10.3. The van der Waals surface area contributed by atoms with Crippen molar-refractivity contribution >= 4 is 16.0 Å². The van der Waals surface area contributed by atoms with E-state index in [4.69, 9.17) is 5.26 Å². The Bertz CT molecular complexity index is 1320. The number of aromatic nitrogens is 4. The van der Waals surface area contributed by atoms with Crippen LogP contribution in [-0.4, -0.2) is 92.6 Å². The van der Waals surface area contributed by atoms with E-state index in [0.29, 0.717) is 38.9 Å². The largest absolute Gasteiger partial charge is 0.419 e. The van der Waals surface area contributed by atoms with Crippen molar-refractivity contribution in [2.24, 2.45) is 5.92 Å². The van der Waals surface area contributed by atoms with Gasteiger partial charge in [0, 0.05) is 43.0 Å². The lowest BCUT2D eigenvalue weighted by Gasteiger charge is -2.32. The van der Waals surface area contributed by atoms with E-state index in [2.05, 4.69) is 31.4 Å². The van der Waals surface area contributed by atoms with Crippen molar-refractivity contribution in [3.63, 3.8) is 0 Å². The molecule has 4 rings (SSSR count). The summed E-state index contributed by atoms with van der Waals surface area (Å²) in [7, 11) is -3.43. The SMILES string of the molecule is CC(C)(O)Cn1cc(-c2nc(NC3CCN(S(=O)(=O)CCCN4CCC(C#N)CC4)CC3)ncc2C(F)(F)F)cn1. The van der Waals surface area contributed by atoms with Crippen molar-refractivity contribution in [1.82, 2.24) is 29.0 Å². The summed E-state index contributed by atoms with van der Waals surface area (Å²) in [5, 5.41) is 26.2.